The van der Waals surface area contributed by atoms with Crippen LogP contribution in [0.5, 0.6) is 5.75 Å². The summed E-state index contributed by atoms with van der Waals surface area (Å²) in [6.45, 7) is 10.1. The number of carbonyl (C=O) groups excluding carboxylic acids is 1. The predicted molar refractivity (Wildman–Crippen MR) is 134 cm³/mol. The van der Waals surface area contributed by atoms with Crippen LogP contribution in [0.25, 0.3) is 17.0 Å². The number of imidazole rings is 1. The first-order valence-corrected chi connectivity index (χ1v) is 13.3. The molecule has 0 atom stereocenters. The lowest BCUT2D eigenvalue weighted by Gasteiger charge is -2.21. The Bertz CT molecular complexity index is 1350. The van der Waals surface area contributed by atoms with E-state index in [1.54, 1.807) is 17.9 Å². The number of hydrogen-bond acceptors (Lipinski definition) is 7. The van der Waals surface area contributed by atoms with Gasteiger partial charge in [-0.2, -0.15) is 5.10 Å². The first-order chi connectivity index (χ1) is 16.1. The highest BCUT2D eigenvalue weighted by atomic mass is 33.1. The van der Waals surface area contributed by atoms with Gasteiger partial charge in [-0.15, -0.1) is 0 Å². The lowest BCUT2D eigenvalue weighted by Crippen LogP contribution is -2.37. The van der Waals surface area contributed by atoms with E-state index in [4.69, 9.17) is 9.72 Å². The maximum absolute atomic E-state index is 13.1. The van der Waals surface area contributed by atoms with E-state index >= 15 is 0 Å². The van der Waals surface area contributed by atoms with Crippen LogP contribution in [0.15, 0.2) is 35.9 Å². The fourth-order valence-corrected chi connectivity index (χ4v) is 6.78. The molecule has 0 unspecified atom stereocenters. The van der Waals surface area contributed by atoms with Gasteiger partial charge in [0.05, 0.1) is 19.1 Å². The van der Waals surface area contributed by atoms with Crippen molar-refractivity contribution in [2.24, 2.45) is 0 Å². The minimum absolute atomic E-state index is 0.242. The molecule has 4 aromatic rings. The van der Waals surface area contributed by atoms with Gasteiger partial charge in [0.1, 0.15) is 23.3 Å². The van der Waals surface area contributed by atoms with E-state index in [1.807, 2.05) is 40.0 Å². The number of aromatic amines is 2. The van der Waals surface area contributed by atoms with Crippen molar-refractivity contribution in [1.29, 1.82) is 0 Å². The zero-order valence-electron chi connectivity index (χ0n) is 20.0. The second-order valence-electron chi connectivity index (χ2n) is 9.52. The van der Waals surface area contributed by atoms with Gasteiger partial charge in [-0.05, 0) is 68.7 Å². The van der Waals surface area contributed by atoms with Gasteiger partial charge in [-0.25, -0.2) is 14.5 Å². The highest BCUT2D eigenvalue weighted by Gasteiger charge is 2.50. The number of carbonyl (C=O) groups is 1. The number of benzene rings is 1. The quantitative estimate of drug-likeness (QED) is 0.303. The summed E-state index contributed by atoms with van der Waals surface area (Å²) in [5.74, 6) is 2.50. The fourth-order valence-electron chi connectivity index (χ4n) is 4.87. The van der Waals surface area contributed by atoms with Crippen molar-refractivity contribution >= 4 is 38.4 Å². The third-order valence-electron chi connectivity index (χ3n) is 6.73. The van der Waals surface area contributed by atoms with Gasteiger partial charge in [0.2, 0.25) is 0 Å². The molecular weight excluding hydrogens is 468 g/mol. The number of methoxy groups -OCH3 is 1. The number of hydrogen-bond donors (Lipinski definition) is 2. The number of ether oxygens (including phenoxy) is 1. The Balaban J connectivity index is 1.57. The largest absolute Gasteiger partial charge is 0.496 e. The van der Waals surface area contributed by atoms with Crippen molar-refractivity contribution in [3.8, 4) is 11.7 Å². The Labute approximate surface area is 205 Å². The summed E-state index contributed by atoms with van der Waals surface area (Å²) in [7, 11) is 4.88. The van der Waals surface area contributed by atoms with Gasteiger partial charge in [0.15, 0.2) is 16.5 Å². The van der Waals surface area contributed by atoms with Crippen molar-refractivity contribution < 1.29 is 14.1 Å². The smallest absolute Gasteiger partial charge is 0.402 e. The highest BCUT2D eigenvalue weighted by molar-refractivity contribution is 8.76. The normalized spacial score (nSPS) is 16.2. The maximum atomic E-state index is 13.1. The van der Waals surface area contributed by atoms with Crippen LogP contribution in [-0.2, 0) is 21.4 Å². The van der Waals surface area contributed by atoms with Crippen LogP contribution < -0.4 is 9.30 Å². The molecule has 5 rings (SSSR count). The standard InChI is InChI=1S/C24H27N6O2S2/c1-13-18(11-33-34-22-25-12-26-29-22)30(8-7-19(13)32-6)21-27-16-9-14-15(10-17(16)28-21)24(4,5)20(31)23(14,2)3/h7-10,12H,11H2,1-6H3,(H,27,28)(H,25,26,29)/q+1. The number of H-pyrrole nitrogens is 2. The second kappa shape index (κ2) is 8.13. The molecule has 8 nitrogen and oxygen atoms in total. The molecule has 0 saturated carbocycles. The molecule has 0 spiro atoms. The van der Waals surface area contributed by atoms with Crippen LogP contribution in [0.1, 0.15) is 50.1 Å². The first-order valence-electron chi connectivity index (χ1n) is 11.0. The topological polar surface area (TPSA) is 100 Å². The van der Waals surface area contributed by atoms with Crippen molar-refractivity contribution in [3.05, 3.63) is 53.1 Å². The zero-order valence-corrected chi connectivity index (χ0v) is 21.6. The molecule has 1 aromatic carbocycles. The molecule has 10 heteroatoms. The summed E-state index contributed by atoms with van der Waals surface area (Å²) in [6.07, 6.45) is 3.48. The van der Waals surface area contributed by atoms with Crippen molar-refractivity contribution in [2.75, 3.05) is 7.11 Å². The monoisotopic (exact) mass is 495 g/mol. The number of nitrogens with zero attached hydrogens (tertiary/aromatic N) is 4. The summed E-state index contributed by atoms with van der Waals surface area (Å²) < 4.78 is 7.64. The molecule has 3 aromatic heterocycles. The molecule has 0 saturated heterocycles. The summed E-state index contributed by atoms with van der Waals surface area (Å²) in [5, 5.41) is 7.53. The average Bonchev–Trinajstić information content (AvgIpc) is 3.50. The Hall–Kier alpha value is -2.85. The fraction of sp³-hybridized carbons (Fsp3) is 0.375. The van der Waals surface area contributed by atoms with Crippen LogP contribution in [-0.4, -0.2) is 38.0 Å². The van der Waals surface area contributed by atoms with Crippen LogP contribution >= 0.6 is 21.6 Å². The molecule has 0 amide bonds. The third-order valence-corrected chi connectivity index (χ3v) is 8.78. The van der Waals surface area contributed by atoms with Crippen LogP contribution in [0.2, 0.25) is 0 Å². The molecule has 176 valence electrons. The number of nitrogens with one attached hydrogen (secondary N) is 2. The number of pyridine rings is 1. The van der Waals surface area contributed by atoms with Crippen LogP contribution in [0.3, 0.4) is 0 Å². The molecular formula is C24H27N6O2S2+. The number of ketones is 1. The Morgan fingerprint density at radius 1 is 1.15 bits per heavy atom. The van der Waals surface area contributed by atoms with E-state index < -0.39 is 10.8 Å². The van der Waals surface area contributed by atoms with E-state index in [0.717, 1.165) is 50.3 Å². The molecule has 2 N–H and O–H groups in total. The third kappa shape index (κ3) is 3.51. The van der Waals surface area contributed by atoms with E-state index in [9.17, 15) is 4.79 Å². The first kappa shape index (κ1) is 22.9. The molecule has 0 bridgehead atoms. The van der Waals surface area contributed by atoms with Crippen molar-refractivity contribution in [2.45, 2.75) is 56.4 Å². The van der Waals surface area contributed by atoms with Gasteiger partial charge < -0.3 is 4.74 Å². The maximum Gasteiger partial charge on any atom is 0.402 e. The number of fused-ring (bicyclic) bond motifs is 2. The van der Waals surface area contributed by atoms with E-state index in [0.29, 0.717) is 5.75 Å². The molecule has 0 aliphatic heterocycles. The molecule has 34 heavy (non-hydrogen) atoms. The van der Waals surface area contributed by atoms with E-state index in [-0.39, 0.29) is 5.78 Å². The number of aromatic nitrogens is 6. The van der Waals surface area contributed by atoms with Crippen LogP contribution in [0, 0.1) is 6.92 Å². The van der Waals surface area contributed by atoms with E-state index in [1.165, 1.54) is 17.1 Å². The Kier molecular flexibility index (Phi) is 5.48. The van der Waals surface area contributed by atoms with Crippen molar-refractivity contribution in [1.82, 2.24) is 25.1 Å². The lowest BCUT2D eigenvalue weighted by molar-refractivity contribution is -0.610. The zero-order chi connectivity index (χ0) is 24.3. The number of Topliss-reactive ketones (excluding diaryl/α,β-unsaturated/α-hetero) is 1. The SMILES string of the molecule is COc1cc[n+](-c2nc3cc4c(cc3[nH]2)C(C)(C)C(=O)C4(C)C)c(CSSc2ncn[nH]2)c1C. The predicted octanol–water partition coefficient (Wildman–Crippen LogP) is 4.35. The van der Waals surface area contributed by atoms with Gasteiger partial charge in [0, 0.05) is 22.5 Å². The van der Waals surface area contributed by atoms with Crippen LogP contribution in [0.4, 0.5) is 0 Å². The van der Waals surface area contributed by atoms with Gasteiger partial charge in [-0.3, -0.25) is 9.89 Å². The Morgan fingerprint density at radius 3 is 2.56 bits per heavy atom. The minimum atomic E-state index is -0.532. The lowest BCUT2D eigenvalue weighted by atomic mass is 9.80. The van der Waals surface area contributed by atoms with Gasteiger partial charge in [0.25, 0.3) is 0 Å². The minimum Gasteiger partial charge on any atom is -0.496 e. The second-order valence-corrected chi connectivity index (χ2v) is 11.8. The molecule has 1 aliphatic rings. The van der Waals surface area contributed by atoms with E-state index in [2.05, 4.69) is 43.8 Å². The highest BCUT2D eigenvalue weighted by Crippen LogP contribution is 2.47. The molecule has 3 heterocycles. The van der Waals surface area contributed by atoms with Crippen molar-refractivity contribution in [3.63, 3.8) is 0 Å². The summed E-state index contributed by atoms with van der Waals surface area (Å²) >= 11 is 0. The van der Waals surface area contributed by atoms with Gasteiger partial charge >= 0.3 is 5.95 Å². The summed E-state index contributed by atoms with van der Waals surface area (Å²) in [4.78, 5) is 25.6. The average molecular weight is 496 g/mol. The molecule has 0 fully saturated rings. The Morgan fingerprint density at radius 2 is 1.88 bits per heavy atom. The van der Waals surface area contributed by atoms with Gasteiger partial charge in [-0.1, -0.05) is 15.8 Å². The molecule has 1 aliphatic carbocycles. The summed E-state index contributed by atoms with van der Waals surface area (Å²) in [5.41, 5.74) is 4.96. The molecule has 0 radical (unpaired) electrons. The number of rotatable bonds is 6. The summed E-state index contributed by atoms with van der Waals surface area (Å²) in [6, 6.07) is 6.12.